The lowest BCUT2D eigenvalue weighted by Gasteiger charge is -2.11. The van der Waals surface area contributed by atoms with E-state index in [-0.39, 0.29) is 23.8 Å². The van der Waals surface area contributed by atoms with Gasteiger partial charge in [0.2, 0.25) is 0 Å². The van der Waals surface area contributed by atoms with Crippen LogP contribution in [-0.2, 0) is 14.3 Å². The molecule has 0 spiro atoms. The minimum atomic E-state index is -0.578. The van der Waals surface area contributed by atoms with Gasteiger partial charge in [-0.1, -0.05) is 36.4 Å². The average Bonchev–Trinajstić information content (AvgIpc) is 2.48. The standard InChI is InChI=1S/C17H22N2O3/c1-6-22-17(20)12(3)15(21-5)16(18)19-13(4)14-9-7-11(2)8-10-14/h7-10H,3,6,18H2,1-2,4-5H3/b16-15+,19-13?. The first-order valence-electron chi connectivity index (χ1n) is 6.93. The SMILES string of the molecule is C=C(C(=O)OCC)/C(OC)=C(/N)N=C(C)c1ccc(C)cc1. The van der Waals surface area contributed by atoms with Crippen LogP contribution >= 0.6 is 0 Å². The van der Waals surface area contributed by atoms with Crippen LogP contribution in [0.15, 0.2) is 53.0 Å². The Morgan fingerprint density at radius 3 is 2.41 bits per heavy atom. The lowest BCUT2D eigenvalue weighted by Crippen LogP contribution is -2.14. The largest absolute Gasteiger partial charge is 0.492 e. The maximum atomic E-state index is 11.7. The van der Waals surface area contributed by atoms with Crippen molar-refractivity contribution >= 4 is 11.7 Å². The molecule has 0 heterocycles. The van der Waals surface area contributed by atoms with Gasteiger partial charge in [-0.15, -0.1) is 0 Å². The number of carbonyl (C=O) groups excluding carboxylic acids is 1. The van der Waals surface area contributed by atoms with Crippen molar-refractivity contribution in [3.8, 4) is 0 Å². The number of carbonyl (C=O) groups is 1. The van der Waals surface area contributed by atoms with Gasteiger partial charge in [-0.2, -0.15) is 0 Å². The van der Waals surface area contributed by atoms with Gasteiger partial charge in [-0.3, -0.25) is 0 Å². The topological polar surface area (TPSA) is 73.9 Å². The van der Waals surface area contributed by atoms with Crippen molar-refractivity contribution in [1.29, 1.82) is 0 Å². The zero-order chi connectivity index (χ0) is 16.7. The summed E-state index contributed by atoms with van der Waals surface area (Å²) in [6.45, 7) is 9.46. The fourth-order valence-electron chi connectivity index (χ4n) is 1.78. The molecule has 5 heteroatoms. The Hall–Kier alpha value is -2.56. The summed E-state index contributed by atoms with van der Waals surface area (Å²) in [6, 6.07) is 7.88. The van der Waals surface area contributed by atoms with Crippen LogP contribution < -0.4 is 5.73 Å². The van der Waals surface area contributed by atoms with Crippen LogP contribution in [0.1, 0.15) is 25.0 Å². The van der Waals surface area contributed by atoms with Crippen LogP contribution in [0.25, 0.3) is 0 Å². The molecule has 0 aliphatic rings. The van der Waals surface area contributed by atoms with Crippen molar-refractivity contribution in [1.82, 2.24) is 0 Å². The molecule has 1 aromatic rings. The highest BCUT2D eigenvalue weighted by atomic mass is 16.5. The van der Waals surface area contributed by atoms with Crippen molar-refractivity contribution in [2.45, 2.75) is 20.8 Å². The molecule has 0 aromatic heterocycles. The third-order valence-corrected chi connectivity index (χ3v) is 2.99. The fourth-order valence-corrected chi connectivity index (χ4v) is 1.78. The van der Waals surface area contributed by atoms with E-state index >= 15 is 0 Å². The first-order chi connectivity index (χ1) is 10.4. The number of aliphatic imine (C=N–C) groups is 1. The number of benzene rings is 1. The van der Waals surface area contributed by atoms with E-state index in [4.69, 9.17) is 15.2 Å². The van der Waals surface area contributed by atoms with E-state index < -0.39 is 5.97 Å². The van der Waals surface area contributed by atoms with E-state index in [1.165, 1.54) is 7.11 Å². The molecule has 0 amide bonds. The van der Waals surface area contributed by atoms with Crippen molar-refractivity contribution in [3.63, 3.8) is 0 Å². The minimum Gasteiger partial charge on any atom is -0.492 e. The number of ether oxygens (including phenoxy) is 2. The molecule has 0 saturated heterocycles. The molecule has 2 N–H and O–H groups in total. The van der Waals surface area contributed by atoms with Crippen LogP contribution in [0.2, 0.25) is 0 Å². The van der Waals surface area contributed by atoms with Gasteiger partial charge in [0.1, 0.15) is 0 Å². The van der Waals surface area contributed by atoms with E-state index in [1.54, 1.807) is 6.92 Å². The number of hydrogen-bond donors (Lipinski definition) is 1. The van der Waals surface area contributed by atoms with Crippen LogP contribution in [-0.4, -0.2) is 25.4 Å². The Bertz CT molecular complexity index is 613. The van der Waals surface area contributed by atoms with E-state index in [9.17, 15) is 4.79 Å². The van der Waals surface area contributed by atoms with Crippen LogP contribution in [0.4, 0.5) is 0 Å². The van der Waals surface area contributed by atoms with E-state index in [0.717, 1.165) is 11.1 Å². The van der Waals surface area contributed by atoms with Gasteiger partial charge in [0.25, 0.3) is 0 Å². The molecule has 118 valence electrons. The van der Waals surface area contributed by atoms with Crippen molar-refractivity contribution in [2.75, 3.05) is 13.7 Å². The zero-order valence-corrected chi connectivity index (χ0v) is 13.5. The first-order valence-corrected chi connectivity index (χ1v) is 6.93. The number of nitrogens with zero attached hydrogens (tertiary/aromatic N) is 1. The van der Waals surface area contributed by atoms with Crippen molar-refractivity contribution in [2.24, 2.45) is 10.7 Å². The van der Waals surface area contributed by atoms with Crippen LogP contribution in [0, 0.1) is 6.92 Å². The van der Waals surface area contributed by atoms with Crippen molar-refractivity contribution < 1.29 is 14.3 Å². The number of rotatable bonds is 6. The molecule has 0 aliphatic carbocycles. The molecule has 0 bridgehead atoms. The van der Waals surface area contributed by atoms with E-state index in [1.807, 2.05) is 38.1 Å². The highest BCUT2D eigenvalue weighted by Crippen LogP contribution is 2.15. The third-order valence-electron chi connectivity index (χ3n) is 2.99. The van der Waals surface area contributed by atoms with Gasteiger partial charge in [0.05, 0.1) is 19.3 Å². The summed E-state index contributed by atoms with van der Waals surface area (Å²) < 4.78 is 10.0. The maximum Gasteiger partial charge on any atom is 0.341 e. The smallest absolute Gasteiger partial charge is 0.341 e. The number of nitrogens with two attached hydrogens (primary N) is 1. The molecule has 1 rings (SSSR count). The van der Waals surface area contributed by atoms with Gasteiger partial charge in [-0.05, 0) is 26.3 Å². The Kier molecular flexibility index (Phi) is 6.38. The quantitative estimate of drug-likeness (QED) is 0.288. The predicted molar refractivity (Wildman–Crippen MR) is 87.4 cm³/mol. The molecule has 22 heavy (non-hydrogen) atoms. The Labute approximate surface area is 131 Å². The number of esters is 1. The second-order valence-electron chi connectivity index (χ2n) is 4.68. The van der Waals surface area contributed by atoms with Gasteiger partial charge >= 0.3 is 5.97 Å². The third kappa shape index (κ3) is 4.48. The van der Waals surface area contributed by atoms with Crippen LogP contribution in [0.5, 0.6) is 0 Å². The van der Waals surface area contributed by atoms with Crippen molar-refractivity contribution in [3.05, 3.63) is 59.1 Å². The molecule has 0 aliphatic heterocycles. The molecule has 0 saturated carbocycles. The minimum absolute atomic E-state index is 0.0438. The lowest BCUT2D eigenvalue weighted by atomic mass is 10.1. The summed E-state index contributed by atoms with van der Waals surface area (Å²) >= 11 is 0. The molecule has 0 radical (unpaired) electrons. The summed E-state index contributed by atoms with van der Waals surface area (Å²) in [5.41, 5.74) is 8.78. The first kappa shape index (κ1) is 17.5. The van der Waals surface area contributed by atoms with Gasteiger partial charge in [-0.25, -0.2) is 9.79 Å². The zero-order valence-electron chi connectivity index (χ0n) is 13.5. The Balaban J connectivity index is 3.10. The van der Waals surface area contributed by atoms with Gasteiger partial charge in [0, 0.05) is 5.71 Å². The Morgan fingerprint density at radius 1 is 1.32 bits per heavy atom. The van der Waals surface area contributed by atoms with Gasteiger partial charge < -0.3 is 15.2 Å². The summed E-state index contributed by atoms with van der Waals surface area (Å²) in [7, 11) is 1.41. The second-order valence-corrected chi connectivity index (χ2v) is 4.68. The lowest BCUT2D eigenvalue weighted by molar-refractivity contribution is -0.138. The molecule has 5 nitrogen and oxygen atoms in total. The summed E-state index contributed by atoms with van der Waals surface area (Å²) in [5.74, 6) is -0.381. The van der Waals surface area contributed by atoms with E-state index in [2.05, 4.69) is 11.6 Å². The monoisotopic (exact) mass is 302 g/mol. The number of hydrogen-bond acceptors (Lipinski definition) is 5. The molecular weight excluding hydrogens is 280 g/mol. The molecular formula is C17H22N2O3. The van der Waals surface area contributed by atoms with Gasteiger partial charge in [0.15, 0.2) is 11.6 Å². The summed E-state index contributed by atoms with van der Waals surface area (Å²) in [6.07, 6.45) is 0. The molecule has 0 unspecified atom stereocenters. The molecule has 1 aromatic carbocycles. The highest BCUT2D eigenvalue weighted by Gasteiger charge is 2.17. The average molecular weight is 302 g/mol. The van der Waals surface area contributed by atoms with E-state index in [0.29, 0.717) is 5.71 Å². The normalized spacial score (nSPS) is 12.5. The highest BCUT2D eigenvalue weighted by molar-refractivity contribution is 5.99. The molecule has 0 fully saturated rings. The fraction of sp³-hybridized carbons (Fsp3) is 0.294. The maximum absolute atomic E-state index is 11.7. The summed E-state index contributed by atoms with van der Waals surface area (Å²) in [4.78, 5) is 16.0. The van der Waals surface area contributed by atoms with Crippen LogP contribution in [0.3, 0.4) is 0 Å². The number of methoxy groups -OCH3 is 1. The summed E-state index contributed by atoms with van der Waals surface area (Å²) in [5, 5.41) is 0. The Morgan fingerprint density at radius 2 is 1.91 bits per heavy atom. The second kappa shape index (κ2) is 8.02. The number of aryl methyl sites for hydroxylation is 1. The molecule has 0 atom stereocenters. The predicted octanol–water partition coefficient (Wildman–Crippen LogP) is 2.70.